The summed E-state index contributed by atoms with van der Waals surface area (Å²) in [6.45, 7) is 4.40. The summed E-state index contributed by atoms with van der Waals surface area (Å²) in [5.74, 6) is 1.64. The van der Waals surface area contributed by atoms with E-state index in [2.05, 4.69) is 36.8 Å². The molecule has 2 aliphatic heterocycles. The van der Waals surface area contributed by atoms with E-state index in [0.29, 0.717) is 5.41 Å². The Bertz CT molecular complexity index is 889. The lowest BCUT2D eigenvalue weighted by Crippen LogP contribution is -2.60. The highest BCUT2D eigenvalue weighted by Crippen LogP contribution is 2.40. The first kappa shape index (κ1) is 14.7. The number of rotatable bonds is 3. The molecule has 2 aromatic heterocycles. The number of aromatic nitrogens is 4. The van der Waals surface area contributed by atoms with E-state index in [1.54, 1.807) is 0 Å². The molecule has 5 rings (SSSR count). The van der Waals surface area contributed by atoms with Crippen LogP contribution in [-0.2, 0) is 0 Å². The van der Waals surface area contributed by atoms with Gasteiger partial charge in [-0.25, -0.2) is 4.98 Å². The maximum atomic E-state index is 4.70. The molecular formula is C18H21N7. The molecule has 0 atom stereocenters. The van der Waals surface area contributed by atoms with Gasteiger partial charge in [-0.3, -0.25) is 5.10 Å². The van der Waals surface area contributed by atoms with Gasteiger partial charge >= 0.3 is 0 Å². The lowest BCUT2D eigenvalue weighted by atomic mass is 9.72. The van der Waals surface area contributed by atoms with E-state index in [9.17, 15) is 0 Å². The molecule has 2 saturated heterocycles. The number of piperidine rings is 1. The standard InChI is InChI=1S/C18H21N7/c1-2-15-13(10-21-24-15)9-14(1)22-16-3-6-20-17(23-16)25-11-18(12-25)4-7-19-8-5-18/h1-3,6,9-10,19H,4-5,7-8,11-12H2,(H,21,24)(H,20,22,23). The van der Waals surface area contributed by atoms with Crippen LogP contribution in [0.5, 0.6) is 0 Å². The quantitative estimate of drug-likeness (QED) is 0.681. The topological polar surface area (TPSA) is 81.8 Å². The van der Waals surface area contributed by atoms with Crippen molar-refractivity contribution in [2.24, 2.45) is 5.41 Å². The van der Waals surface area contributed by atoms with Gasteiger partial charge in [-0.15, -0.1) is 0 Å². The summed E-state index contributed by atoms with van der Waals surface area (Å²) < 4.78 is 0. The van der Waals surface area contributed by atoms with Gasteiger partial charge in [-0.1, -0.05) is 0 Å². The van der Waals surface area contributed by atoms with Crippen LogP contribution >= 0.6 is 0 Å². The average molecular weight is 335 g/mol. The van der Waals surface area contributed by atoms with Crippen LogP contribution < -0.4 is 15.5 Å². The Morgan fingerprint density at radius 1 is 1.12 bits per heavy atom. The molecule has 0 amide bonds. The minimum Gasteiger partial charge on any atom is -0.340 e. The van der Waals surface area contributed by atoms with Crippen molar-refractivity contribution < 1.29 is 0 Å². The zero-order chi connectivity index (χ0) is 16.7. The van der Waals surface area contributed by atoms with Crippen molar-refractivity contribution >= 4 is 28.4 Å². The first-order valence-electron chi connectivity index (χ1n) is 8.79. The monoisotopic (exact) mass is 335 g/mol. The largest absolute Gasteiger partial charge is 0.340 e. The van der Waals surface area contributed by atoms with Gasteiger partial charge < -0.3 is 15.5 Å². The molecule has 0 bridgehead atoms. The van der Waals surface area contributed by atoms with E-state index < -0.39 is 0 Å². The minimum atomic E-state index is 0.477. The second kappa shape index (κ2) is 5.70. The molecule has 1 spiro atoms. The fourth-order valence-electron chi connectivity index (χ4n) is 3.92. The summed E-state index contributed by atoms with van der Waals surface area (Å²) in [5.41, 5.74) is 2.50. The van der Waals surface area contributed by atoms with Gasteiger partial charge in [0.25, 0.3) is 0 Å². The number of hydrogen-bond acceptors (Lipinski definition) is 6. The summed E-state index contributed by atoms with van der Waals surface area (Å²) in [7, 11) is 0. The van der Waals surface area contributed by atoms with Crippen molar-refractivity contribution in [3.63, 3.8) is 0 Å². The van der Waals surface area contributed by atoms with Gasteiger partial charge in [0.15, 0.2) is 0 Å². The second-order valence-electron chi connectivity index (χ2n) is 7.14. The van der Waals surface area contributed by atoms with Crippen LogP contribution in [0, 0.1) is 5.41 Å². The highest BCUT2D eigenvalue weighted by molar-refractivity contribution is 5.82. The predicted molar refractivity (Wildman–Crippen MR) is 98.2 cm³/mol. The molecule has 3 N–H and O–H groups in total. The van der Waals surface area contributed by atoms with Crippen molar-refractivity contribution in [3.05, 3.63) is 36.7 Å². The summed E-state index contributed by atoms with van der Waals surface area (Å²) in [6, 6.07) is 8.01. The molecule has 0 unspecified atom stereocenters. The summed E-state index contributed by atoms with van der Waals surface area (Å²) in [4.78, 5) is 11.5. The van der Waals surface area contributed by atoms with Gasteiger partial charge in [-0.05, 0) is 50.2 Å². The number of anilines is 3. The molecule has 128 valence electrons. The Morgan fingerprint density at radius 3 is 2.88 bits per heavy atom. The third-order valence-electron chi connectivity index (χ3n) is 5.36. The smallest absolute Gasteiger partial charge is 0.227 e. The Hall–Kier alpha value is -2.67. The highest BCUT2D eigenvalue weighted by Gasteiger charge is 2.44. The van der Waals surface area contributed by atoms with E-state index in [0.717, 1.165) is 54.5 Å². The van der Waals surface area contributed by atoms with E-state index in [4.69, 9.17) is 4.98 Å². The lowest BCUT2D eigenvalue weighted by Gasteiger charge is -2.52. The molecule has 7 nitrogen and oxygen atoms in total. The normalized spacial score (nSPS) is 19.1. The fraction of sp³-hybridized carbons (Fsp3) is 0.389. The van der Waals surface area contributed by atoms with Crippen LogP contribution in [0.15, 0.2) is 36.7 Å². The lowest BCUT2D eigenvalue weighted by molar-refractivity contribution is 0.148. The maximum absolute atomic E-state index is 4.70. The molecule has 2 aliphatic rings. The Balaban J connectivity index is 1.31. The van der Waals surface area contributed by atoms with E-state index in [1.165, 1.54) is 12.8 Å². The minimum absolute atomic E-state index is 0.477. The Kier molecular flexibility index (Phi) is 3.34. The molecule has 3 aromatic rings. The van der Waals surface area contributed by atoms with Crippen molar-refractivity contribution in [1.82, 2.24) is 25.5 Å². The predicted octanol–water partition coefficient (Wildman–Crippen LogP) is 2.29. The molecule has 0 radical (unpaired) electrons. The van der Waals surface area contributed by atoms with Crippen LogP contribution in [0.1, 0.15) is 12.8 Å². The molecule has 2 fully saturated rings. The van der Waals surface area contributed by atoms with E-state index in [-0.39, 0.29) is 0 Å². The van der Waals surface area contributed by atoms with Gasteiger partial charge in [0.2, 0.25) is 5.95 Å². The van der Waals surface area contributed by atoms with Gasteiger partial charge in [0, 0.05) is 35.8 Å². The Morgan fingerprint density at radius 2 is 2.00 bits per heavy atom. The van der Waals surface area contributed by atoms with E-state index >= 15 is 0 Å². The maximum Gasteiger partial charge on any atom is 0.227 e. The van der Waals surface area contributed by atoms with Crippen LogP contribution in [0.3, 0.4) is 0 Å². The molecule has 0 saturated carbocycles. The molecular weight excluding hydrogens is 314 g/mol. The van der Waals surface area contributed by atoms with Crippen molar-refractivity contribution in [1.29, 1.82) is 0 Å². The SMILES string of the molecule is c1cc(Nc2ccc3[nH]ncc3c2)nc(N2CC3(CCNCC3)C2)n1. The molecule has 7 heteroatoms. The number of nitrogens with zero attached hydrogens (tertiary/aromatic N) is 4. The van der Waals surface area contributed by atoms with Crippen LogP contribution in [0.25, 0.3) is 10.9 Å². The van der Waals surface area contributed by atoms with Crippen molar-refractivity contribution in [2.45, 2.75) is 12.8 Å². The van der Waals surface area contributed by atoms with Gasteiger partial charge in [0.05, 0.1) is 11.7 Å². The van der Waals surface area contributed by atoms with Gasteiger partial charge in [0.1, 0.15) is 5.82 Å². The molecule has 1 aromatic carbocycles. The van der Waals surface area contributed by atoms with Crippen LogP contribution in [-0.4, -0.2) is 46.3 Å². The summed E-state index contributed by atoms with van der Waals surface area (Å²) >= 11 is 0. The fourth-order valence-corrected chi connectivity index (χ4v) is 3.92. The number of aromatic amines is 1. The van der Waals surface area contributed by atoms with Crippen molar-refractivity contribution in [2.75, 3.05) is 36.4 Å². The number of fused-ring (bicyclic) bond motifs is 1. The van der Waals surface area contributed by atoms with Gasteiger partial charge in [-0.2, -0.15) is 10.1 Å². The first-order chi connectivity index (χ1) is 12.3. The van der Waals surface area contributed by atoms with Crippen molar-refractivity contribution in [3.8, 4) is 0 Å². The molecule has 0 aliphatic carbocycles. The third-order valence-corrected chi connectivity index (χ3v) is 5.36. The second-order valence-corrected chi connectivity index (χ2v) is 7.14. The first-order valence-corrected chi connectivity index (χ1v) is 8.79. The van der Waals surface area contributed by atoms with Crippen LogP contribution in [0.2, 0.25) is 0 Å². The zero-order valence-electron chi connectivity index (χ0n) is 14.0. The Labute approximate surface area is 145 Å². The average Bonchev–Trinajstić information content (AvgIpc) is 3.08. The van der Waals surface area contributed by atoms with Crippen LogP contribution in [0.4, 0.5) is 17.5 Å². The molecule has 25 heavy (non-hydrogen) atoms. The zero-order valence-corrected chi connectivity index (χ0v) is 14.0. The number of H-pyrrole nitrogens is 1. The van der Waals surface area contributed by atoms with E-state index in [1.807, 2.05) is 30.6 Å². The number of nitrogens with one attached hydrogen (secondary N) is 3. The summed E-state index contributed by atoms with van der Waals surface area (Å²) in [5, 5.41) is 14.9. The number of benzene rings is 1. The highest BCUT2D eigenvalue weighted by atomic mass is 15.3. The molecule has 4 heterocycles. The third kappa shape index (κ3) is 2.70. The number of hydrogen-bond donors (Lipinski definition) is 3. The summed E-state index contributed by atoms with van der Waals surface area (Å²) in [6.07, 6.45) is 6.16.